The van der Waals surface area contributed by atoms with E-state index >= 15 is 0 Å². The molecular formula is C24H38N2O4. The molecule has 2 fully saturated rings. The van der Waals surface area contributed by atoms with Crippen molar-refractivity contribution < 1.29 is 19.4 Å². The maximum Gasteiger partial charge on any atom is 0.239 e. The second-order valence-corrected chi connectivity index (χ2v) is 9.85. The molecule has 1 saturated heterocycles. The number of benzene rings is 1. The number of aliphatic hydroxyl groups is 1. The molecule has 1 aromatic rings. The molecule has 6 heteroatoms. The highest BCUT2D eigenvalue weighted by Gasteiger charge is 2.49. The predicted octanol–water partition coefficient (Wildman–Crippen LogP) is 3.17. The smallest absolute Gasteiger partial charge is 0.239 e. The lowest BCUT2D eigenvalue weighted by molar-refractivity contribution is -0.132. The Morgan fingerprint density at radius 3 is 2.57 bits per heavy atom. The number of carbonyl (C=O) groups is 1. The fourth-order valence-corrected chi connectivity index (χ4v) is 4.45. The molecule has 0 bridgehead atoms. The van der Waals surface area contributed by atoms with Gasteiger partial charge in [-0.15, -0.1) is 0 Å². The van der Waals surface area contributed by atoms with Crippen LogP contribution in [0, 0.1) is 17.3 Å². The summed E-state index contributed by atoms with van der Waals surface area (Å²) in [6, 6.07) is 5.47. The SMILES string of the molecule is COc1ccc([C@@H]2CN(C(=O)[C@@H](N)CC(C)C)C[C@@]2(C)[C@@H](C)O)cc1OCC1CC1. The van der Waals surface area contributed by atoms with E-state index in [1.165, 1.54) is 12.8 Å². The third-order valence-corrected chi connectivity index (χ3v) is 6.80. The Morgan fingerprint density at radius 2 is 2.00 bits per heavy atom. The molecule has 1 aliphatic carbocycles. The Morgan fingerprint density at radius 1 is 1.30 bits per heavy atom. The van der Waals surface area contributed by atoms with E-state index in [9.17, 15) is 9.90 Å². The van der Waals surface area contributed by atoms with Crippen LogP contribution in [-0.2, 0) is 4.79 Å². The van der Waals surface area contributed by atoms with Gasteiger partial charge in [-0.1, -0.05) is 26.8 Å². The predicted molar refractivity (Wildman–Crippen MR) is 118 cm³/mol. The molecule has 1 aromatic carbocycles. The number of nitrogens with zero attached hydrogens (tertiary/aromatic N) is 1. The highest BCUT2D eigenvalue weighted by atomic mass is 16.5. The number of ether oxygens (including phenoxy) is 2. The monoisotopic (exact) mass is 418 g/mol. The summed E-state index contributed by atoms with van der Waals surface area (Å²) in [5, 5.41) is 10.7. The van der Waals surface area contributed by atoms with Gasteiger partial charge < -0.3 is 25.2 Å². The fourth-order valence-electron chi connectivity index (χ4n) is 4.45. The molecular weight excluding hydrogens is 380 g/mol. The zero-order chi connectivity index (χ0) is 22.1. The van der Waals surface area contributed by atoms with Crippen LogP contribution in [0.2, 0.25) is 0 Å². The summed E-state index contributed by atoms with van der Waals surface area (Å²) in [5.74, 6) is 2.40. The van der Waals surface area contributed by atoms with Crippen LogP contribution in [0.5, 0.6) is 11.5 Å². The molecule has 1 amide bonds. The number of aliphatic hydroxyl groups excluding tert-OH is 1. The Kier molecular flexibility index (Phi) is 6.98. The fraction of sp³-hybridized carbons (Fsp3) is 0.708. The van der Waals surface area contributed by atoms with Crippen molar-refractivity contribution in [3.63, 3.8) is 0 Å². The first-order valence-electron chi connectivity index (χ1n) is 11.2. The van der Waals surface area contributed by atoms with Gasteiger partial charge in [-0.3, -0.25) is 4.79 Å². The standard InChI is InChI=1S/C24H38N2O4/c1-15(2)10-20(25)23(28)26-12-19(24(4,14-26)16(3)27)18-8-9-21(29-5)22(11-18)30-13-17-6-7-17/h8-9,11,15-17,19-20,27H,6-7,10,12-14,25H2,1-5H3/t16-,19+,20+,24+/m1/s1. The number of nitrogens with two attached hydrogens (primary N) is 1. The second kappa shape index (κ2) is 9.15. The highest BCUT2D eigenvalue weighted by Crippen LogP contribution is 2.47. The minimum absolute atomic E-state index is 0.0121. The Labute approximate surface area is 180 Å². The lowest BCUT2D eigenvalue weighted by Crippen LogP contribution is -2.45. The van der Waals surface area contributed by atoms with Crippen LogP contribution in [0.3, 0.4) is 0 Å². The van der Waals surface area contributed by atoms with Crippen LogP contribution in [0.25, 0.3) is 0 Å². The molecule has 0 radical (unpaired) electrons. The number of carbonyl (C=O) groups excluding carboxylic acids is 1. The first-order valence-corrected chi connectivity index (χ1v) is 11.2. The van der Waals surface area contributed by atoms with Crippen LogP contribution in [0.15, 0.2) is 18.2 Å². The van der Waals surface area contributed by atoms with E-state index in [0.717, 1.165) is 11.3 Å². The van der Waals surface area contributed by atoms with Crippen molar-refractivity contribution in [2.45, 2.75) is 65.0 Å². The molecule has 3 rings (SSSR count). The maximum atomic E-state index is 13.0. The Balaban J connectivity index is 1.84. The van der Waals surface area contributed by atoms with Gasteiger partial charge in [0.25, 0.3) is 0 Å². The van der Waals surface area contributed by atoms with E-state index in [1.807, 2.05) is 30.0 Å². The van der Waals surface area contributed by atoms with Gasteiger partial charge in [-0.25, -0.2) is 0 Å². The van der Waals surface area contributed by atoms with E-state index in [4.69, 9.17) is 15.2 Å². The molecule has 6 nitrogen and oxygen atoms in total. The quantitative estimate of drug-likeness (QED) is 0.643. The Bertz CT molecular complexity index is 747. The van der Waals surface area contributed by atoms with Crippen LogP contribution in [0.1, 0.15) is 58.4 Å². The zero-order valence-electron chi connectivity index (χ0n) is 19.1. The number of amides is 1. The maximum absolute atomic E-state index is 13.0. The largest absolute Gasteiger partial charge is 0.493 e. The van der Waals surface area contributed by atoms with Crippen molar-refractivity contribution in [2.24, 2.45) is 23.0 Å². The van der Waals surface area contributed by atoms with Gasteiger partial charge in [0.15, 0.2) is 11.5 Å². The third-order valence-electron chi connectivity index (χ3n) is 6.80. The first kappa shape index (κ1) is 22.9. The first-order chi connectivity index (χ1) is 14.2. The third kappa shape index (κ3) is 4.92. The number of hydrogen-bond donors (Lipinski definition) is 2. The van der Waals surface area contributed by atoms with E-state index in [0.29, 0.717) is 43.7 Å². The van der Waals surface area contributed by atoms with Crippen LogP contribution < -0.4 is 15.2 Å². The summed E-state index contributed by atoms with van der Waals surface area (Å²) in [5.41, 5.74) is 6.78. The van der Waals surface area contributed by atoms with E-state index in [2.05, 4.69) is 20.8 Å². The molecule has 4 atom stereocenters. The van der Waals surface area contributed by atoms with E-state index in [-0.39, 0.29) is 11.8 Å². The molecule has 3 N–H and O–H groups in total. The number of hydrogen-bond acceptors (Lipinski definition) is 5. The average Bonchev–Trinajstić information content (AvgIpc) is 3.45. The minimum Gasteiger partial charge on any atom is -0.493 e. The lowest BCUT2D eigenvalue weighted by Gasteiger charge is -2.34. The molecule has 2 aliphatic rings. The highest BCUT2D eigenvalue weighted by molar-refractivity contribution is 5.82. The molecule has 0 spiro atoms. The van der Waals surface area contributed by atoms with Crippen molar-refractivity contribution in [1.29, 1.82) is 0 Å². The van der Waals surface area contributed by atoms with E-state index in [1.54, 1.807) is 7.11 Å². The molecule has 0 unspecified atom stereocenters. The second-order valence-electron chi connectivity index (χ2n) is 9.85. The number of likely N-dealkylation sites (tertiary alicyclic amines) is 1. The van der Waals surface area contributed by atoms with E-state index < -0.39 is 17.6 Å². The van der Waals surface area contributed by atoms with Crippen molar-refractivity contribution in [2.75, 3.05) is 26.8 Å². The van der Waals surface area contributed by atoms with Crippen molar-refractivity contribution in [3.05, 3.63) is 23.8 Å². The van der Waals surface area contributed by atoms with Gasteiger partial charge in [0.1, 0.15) is 0 Å². The normalized spacial score (nSPS) is 26.0. The lowest BCUT2D eigenvalue weighted by atomic mass is 9.72. The number of rotatable bonds is 9. The van der Waals surface area contributed by atoms with Gasteiger partial charge in [-0.05, 0) is 55.7 Å². The molecule has 0 aromatic heterocycles. The molecule has 1 heterocycles. The average molecular weight is 419 g/mol. The van der Waals surface area contributed by atoms with Gasteiger partial charge in [0.05, 0.1) is 25.9 Å². The molecule has 1 saturated carbocycles. The Hall–Kier alpha value is -1.79. The summed E-state index contributed by atoms with van der Waals surface area (Å²) in [6.07, 6.45) is 2.53. The summed E-state index contributed by atoms with van der Waals surface area (Å²) in [6.45, 7) is 9.74. The summed E-state index contributed by atoms with van der Waals surface area (Å²) >= 11 is 0. The van der Waals surface area contributed by atoms with Gasteiger partial charge in [-0.2, -0.15) is 0 Å². The summed E-state index contributed by atoms with van der Waals surface area (Å²) in [4.78, 5) is 14.8. The number of methoxy groups -OCH3 is 1. The van der Waals surface area contributed by atoms with Crippen LogP contribution in [0.4, 0.5) is 0 Å². The summed E-state index contributed by atoms with van der Waals surface area (Å²) < 4.78 is 11.5. The summed E-state index contributed by atoms with van der Waals surface area (Å²) in [7, 11) is 1.64. The van der Waals surface area contributed by atoms with Crippen molar-refractivity contribution in [3.8, 4) is 11.5 Å². The van der Waals surface area contributed by atoms with Gasteiger partial charge in [0, 0.05) is 24.4 Å². The minimum atomic E-state index is -0.570. The molecule has 1 aliphatic heterocycles. The van der Waals surface area contributed by atoms with Gasteiger partial charge in [0.2, 0.25) is 5.91 Å². The topological polar surface area (TPSA) is 85.0 Å². The molecule has 30 heavy (non-hydrogen) atoms. The zero-order valence-corrected chi connectivity index (χ0v) is 19.1. The molecule has 168 valence electrons. The van der Waals surface area contributed by atoms with Gasteiger partial charge >= 0.3 is 0 Å². The van der Waals surface area contributed by atoms with Crippen molar-refractivity contribution in [1.82, 2.24) is 4.90 Å². The van der Waals surface area contributed by atoms with Crippen molar-refractivity contribution >= 4 is 5.91 Å². The van der Waals surface area contributed by atoms with Crippen LogP contribution >= 0.6 is 0 Å². The van der Waals surface area contributed by atoms with Crippen LogP contribution in [-0.4, -0.2) is 54.9 Å².